The molecule has 7 nitrogen and oxygen atoms in total. The third-order valence-electron chi connectivity index (χ3n) is 4.68. The number of carbonyl (C=O) groups is 1. The van der Waals surface area contributed by atoms with Gasteiger partial charge in [0.25, 0.3) is 0 Å². The Morgan fingerprint density at radius 2 is 1.66 bits per heavy atom. The van der Waals surface area contributed by atoms with Crippen LogP contribution in [0.15, 0.2) is 79.0 Å². The smallest absolute Gasteiger partial charge is 0.241 e. The summed E-state index contributed by atoms with van der Waals surface area (Å²) in [4.78, 5) is 18.8. The molecule has 2 aromatic carbocycles. The van der Waals surface area contributed by atoms with Gasteiger partial charge in [-0.2, -0.15) is 0 Å². The third-order valence-corrected chi connectivity index (χ3v) is 5.85. The minimum Gasteiger partial charge on any atom is -0.491 e. The lowest BCUT2D eigenvalue weighted by Crippen LogP contribution is -2.38. The number of benzene rings is 2. The fourth-order valence-corrected chi connectivity index (χ4v) is 4.36. The number of carbonyl (C=O) groups excluding carboxylic acids is 1. The van der Waals surface area contributed by atoms with Gasteiger partial charge >= 0.3 is 0 Å². The van der Waals surface area contributed by atoms with Gasteiger partial charge in [-0.1, -0.05) is 36.4 Å². The van der Waals surface area contributed by atoms with Gasteiger partial charge in [-0.3, -0.25) is 14.5 Å². The van der Waals surface area contributed by atoms with Crippen molar-refractivity contribution in [2.45, 2.75) is 26.0 Å². The quantitative estimate of drug-likeness (QED) is 0.532. The molecule has 1 atom stereocenters. The first-order valence-corrected chi connectivity index (χ1v) is 11.9. The maximum atomic E-state index is 13.0. The summed E-state index contributed by atoms with van der Waals surface area (Å²) in [6.07, 6.45) is 1.66. The standard InChI is InChI=1S/C24H27N3O4S/c1-18(2)31-21-14-12-20(13-15-21)26-32(29,30)17-23(28)27(3)24(19-9-5-4-6-10-19)22-11-7-8-16-25-22/h4-16,18,24,26H,17H2,1-3H3. The van der Waals surface area contributed by atoms with Crippen LogP contribution in [0.1, 0.15) is 31.1 Å². The van der Waals surface area contributed by atoms with Gasteiger partial charge < -0.3 is 9.64 Å². The van der Waals surface area contributed by atoms with Crippen molar-refractivity contribution in [3.05, 3.63) is 90.3 Å². The highest BCUT2D eigenvalue weighted by Gasteiger charge is 2.28. The second kappa shape index (κ2) is 10.3. The van der Waals surface area contributed by atoms with Crippen molar-refractivity contribution in [1.29, 1.82) is 0 Å². The van der Waals surface area contributed by atoms with E-state index in [1.54, 1.807) is 43.6 Å². The van der Waals surface area contributed by atoms with Crippen molar-refractivity contribution in [2.24, 2.45) is 0 Å². The van der Waals surface area contributed by atoms with Crippen molar-refractivity contribution >= 4 is 21.6 Å². The lowest BCUT2D eigenvalue weighted by atomic mass is 10.0. The van der Waals surface area contributed by atoms with Gasteiger partial charge in [-0.15, -0.1) is 0 Å². The maximum absolute atomic E-state index is 13.0. The molecule has 3 rings (SSSR count). The number of hydrogen-bond acceptors (Lipinski definition) is 5. The summed E-state index contributed by atoms with van der Waals surface area (Å²) in [7, 11) is -2.33. The number of nitrogens with one attached hydrogen (secondary N) is 1. The van der Waals surface area contributed by atoms with Gasteiger partial charge in [0.05, 0.1) is 17.8 Å². The first-order valence-electron chi connectivity index (χ1n) is 10.2. The van der Waals surface area contributed by atoms with Crippen molar-refractivity contribution < 1.29 is 17.9 Å². The van der Waals surface area contributed by atoms with Crippen molar-refractivity contribution in [1.82, 2.24) is 9.88 Å². The Hall–Kier alpha value is -3.39. The summed E-state index contributed by atoms with van der Waals surface area (Å²) in [6, 6.07) is 20.9. The predicted octanol–water partition coefficient (Wildman–Crippen LogP) is 3.86. The monoisotopic (exact) mass is 453 g/mol. The molecule has 0 radical (unpaired) electrons. The van der Waals surface area contributed by atoms with Gasteiger partial charge in [0, 0.05) is 18.9 Å². The van der Waals surface area contributed by atoms with E-state index in [0.29, 0.717) is 17.1 Å². The molecule has 1 unspecified atom stereocenters. The second-order valence-corrected chi connectivity index (χ2v) is 9.35. The minimum atomic E-state index is -3.92. The van der Waals surface area contributed by atoms with E-state index in [2.05, 4.69) is 9.71 Å². The number of pyridine rings is 1. The van der Waals surface area contributed by atoms with E-state index in [4.69, 9.17) is 4.74 Å². The Labute approximate surface area is 189 Å². The van der Waals surface area contributed by atoms with Gasteiger partial charge in [0.2, 0.25) is 15.9 Å². The number of amides is 1. The van der Waals surface area contributed by atoms with Crippen LogP contribution in [0, 0.1) is 0 Å². The van der Waals surface area contributed by atoms with Gasteiger partial charge in [0.1, 0.15) is 11.5 Å². The van der Waals surface area contributed by atoms with Crippen molar-refractivity contribution in [3.8, 4) is 5.75 Å². The molecule has 1 heterocycles. The minimum absolute atomic E-state index is 0.0161. The zero-order valence-corrected chi connectivity index (χ0v) is 19.1. The zero-order valence-electron chi connectivity index (χ0n) is 18.3. The molecule has 0 saturated carbocycles. The van der Waals surface area contributed by atoms with Crippen LogP contribution in [0.25, 0.3) is 0 Å². The number of anilines is 1. The van der Waals surface area contributed by atoms with Crippen molar-refractivity contribution in [3.63, 3.8) is 0 Å². The molecule has 3 aromatic rings. The lowest BCUT2D eigenvalue weighted by molar-refractivity contribution is -0.128. The van der Waals surface area contributed by atoms with Gasteiger partial charge in [0.15, 0.2) is 0 Å². The summed E-state index contributed by atoms with van der Waals surface area (Å²) in [5.41, 5.74) is 1.86. The van der Waals surface area contributed by atoms with Crippen LogP contribution in [-0.2, 0) is 14.8 Å². The first-order chi connectivity index (χ1) is 15.2. The van der Waals surface area contributed by atoms with Crippen LogP contribution in [0.3, 0.4) is 0 Å². The van der Waals surface area contributed by atoms with Crippen LogP contribution in [-0.4, -0.2) is 43.1 Å². The summed E-state index contributed by atoms with van der Waals surface area (Å²) < 4.78 is 33.4. The molecule has 0 aliphatic carbocycles. The Balaban J connectivity index is 1.75. The largest absolute Gasteiger partial charge is 0.491 e. The normalized spacial score (nSPS) is 12.2. The second-order valence-electron chi connectivity index (χ2n) is 7.62. The molecule has 0 spiro atoms. The van der Waals surface area contributed by atoms with Crippen molar-refractivity contribution in [2.75, 3.05) is 17.5 Å². The third kappa shape index (κ3) is 6.31. The summed E-state index contributed by atoms with van der Waals surface area (Å²) in [6.45, 7) is 3.82. The Kier molecular flexibility index (Phi) is 7.48. The molecule has 0 aliphatic rings. The molecule has 0 fully saturated rings. The van der Waals surface area contributed by atoms with E-state index in [9.17, 15) is 13.2 Å². The fourth-order valence-electron chi connectivity index (χ4n) is 3.26. The Morgan fingerprint density at radius 3 is 2.25 bits per heavy atom. The van der Waals surface area contributed by atoms with E-state index in [-0.39, 0.29) is 6.10 Å². The molecule has 1 N–H and O–H groups in total. The Bertz CT molecular complexity index is 1080. The maximum Gasteiger partial charge on any atom is 0.241 e. The SMILES string of the molecule is CC(C)Oc1ccc(NS(=O)(=O)CC(=O)N(C)C(c2ccccc2)c2ccccn2)cc1. The summed E-state index contributed by atoms with van der Waals surface area (Å²) in [5.74, 6) is -0.596. The molecule has 32 heavy (non-hydrogen) atoms. The van der Waals surface area contributed by atoms with Crippen LogP contribution in [0.5, 0.6) is 5.75 Å². The summed E-state index contributed by atoms with van der Waals surface area (Å²) in [5, 5.41) is 0. The molecule has 8 heteroatoms. The predicted molar refractivity (Wildman–Crippen MR) is 125 cm³/mol. The average Bonchev–Trinajstić information content (AvgIpc) is 2.76. The zero-order chi connectivity index (χ0) is 23.1. The molecule has 0 bridgehead atoms. The van der Waals surface area contributed by atoms with E-state index >= 15 is 0 Å². The lowest BCUT2D eigenvalue weighted by Gasteiger charge is -2.28. The number of aromatic nitrogens is 1. The van der Waals surface area contributed by atoms with Gasteiger partial charge in [-0.05, 0) is 55.8 Å². The molecule has 1 amide bonds. The average molecular weight is 454 g/mol. The van der Waals surface area contributed by atoms with Crippen LogP contribution in [0.4, 0.5) is 5.69 Å². The van der Waals surface area contributed by atoms with Crippen LogP contribution >= 0.6 is 0 Å². The molecular weight excluding hydrogens is 426 g/mol. The van der Waals surface area contributed by atoms with Crippen LogP contribution < -0.4 is 9.46 Å². The Morgan fingerprint density at radius 1 is 1.00 bits per heavy atom. The number of nitrogens with zero attached hydrogens (tertiary/aromatic N) is 2. The van der Waals surface area contributed by atoms with Gasteiger partial charge in [-0.25, -0.2) is 8.42 Å². The number of sulfonamides is 1. The highest BCUT2D eigenvalue weighted by Crippen LogP contribution is 2.26. The summed E-state index contributed by atoms with van der Waals surface area (Å²) >= 11 is 0. The molecule has 1 aromatic heterocycles. The van der Waals surface area contributed by atoms with E-state index in [1.165, 1.54) is 4.90 Å². The number of ether oxygens (including phenoxy) is 1. The van der Waals surface area contributed by atoms with E-state index in [0.717, 1.165) is 5.56 Å². The molecule has 0 aliphatic heterocycles. The van der Waals surface area contributed by atoms with Crippen LogP contribution in [0.2, 0.25) is 0 Å². The van der Waals surface area contributed by atoms with E-state index in [1.807, 2.05) is 56.3 Å². The number of rotatable bonds is 9. The number of hydrogen-bond donors (Lipinski definition) is 1. The van der Waals surface area contributed by atoms with E-state index < -0.39 is 27.7 Å². The molecule has 0 saturated heterocycles. The molecule has 168 valence electrons. The first kappa shape index (κ1) is 23.3. The molecular formula is C24H27N3O4S. The highest BCUT2D eigenvalue weighted by molar-refractivity contribution is 7.93. The highest BCUT2D eigenvalue weighted by atomic mass is 32.2. The fraction of sp³-hybridized carbons (Fsp3) is 0.250. The topological polar surface area (TPSA) is 88.6 Å².